The molecule has 0 aliphatic carbocycles. The lowest BCUT2D eigenvalue weighted by molar-refractivity contribution is 0.528. The first-order valence-corrected chi connectivity index (χ1v) is 8.28. The molecule has 0 aliphatic rings. The fourth-order valence-corrected chi connectivity index (χ4v) is 3.85. The molecule has 0 amide bonds. The first-order valence-electron chi connectivity index (χ1n) is 6.02. The normalized spacial score (nSPS) is 14.9. The van der Waals surface area contributed by atoms with E-state index in [0.29, 0.717) is 11.8 Å². The number of nitrogens with zero attached hydrogens (tertiary/aromatic N) is 2. The van der Waals surface area contributed by atoms with Gasteiger partial charge in [-0.25, -0.2) is 0 Å². The molecule has 2 heterocycles. The molecule has 0 unspecified atom stereocenters. The first kappa shape index (κ1) is 13.5. The van der Waals surface area contributed by atoms with Crippen LogP contribution in [0.3, 0.4) is 0 Å². The van der Waals surface area contributed by atoms with Crippen LogP contribution in [0.4, 0.5) is 0 Å². The van der Waals surface area contributed by atoms with E-state index in [-0.39, 0.29) is 5.25 Å². The summed E-state index contributed by atoms with van der Waals surface area (Å²) in [6.07, 6.45) is 1.95. The molecule has 98 valence electrons. The molecule has 0 radical (unpaired) electrons. The van der Waals surface area contributed by atoms with Gasteiger partial charge in [0, 0.05) is 27.9 Å². The van der Waals surface area contributed by atoms with E-state index in [0.717, 1.165) is 5.69 Å². The SMILES string of the molecule is CC(C)n1ccc(C[S@@](=O)[C@@H](C)c2cccs2)n1. The van der Waals surface area contributed by atoms with E-state index in [9.17, 15) is 4.21 Å². The summed E-state index contributed by atoms with van der Waals surface area (Å²) in [5.74, 6) is 0.527. The zero-order chi connectivity index (χ0) is 13.1. The lowest BCUT2D eigenvalue weighted by atomic mass is 10.4. The highest BCUT2D eigenvalue weighted by molar-refractivity contribution is 7.84. The zero-order valence-corrected chi connectivity index (χ0v) is 12.5. The molecule has 0 saturated heterocycles. The van der Waals surface area contributed by atoms with Crippen molar-refractivity contribution >= 4 is 22.1 Å². The molecular formula is C13H18N2OS2. The Kier molecular flexibility index (Phi) is 4.35. The molecule has 0 spiro atoms. The highest BCUT2D eigenvalue weighted by atomic mass is 32.2. The number of hydrogen-bond acceptors (Lipinski definition) is 3. The molecule has 18 heavy (non-hydrogen) atoms. The summed E-state index contributed by atoms with van der Waals surface area (Å²) in [5.41, 5.74) is 0.908. The van der Waals surface area contributed by atoms with Crippen molar-refractivity contribution in [3.05, 3.63) is 40.3 Å². The Bertz CT molecular complexity index is 517. The van der Waals surface area contributed by atoms with Gasteiger partial charge in [0.15, 0.2) is 0 Å². The lowest BCUT2D eigenvalue weighted by Crippen LogP contribution is -2.06. The minimum absolute atomic E-state index is 0.0780. The van der Waals surface area contributed by atoms with Crippen molar-refractivity contribution in [2.45, 2.75) is 37.8 Å². The Labute approximate surface area is 114 Å². The van der Waals surface area contributed by atoms with Crippen molar-refractivity contribution in [2.75, 3.05) is 0 Å². The topological polar surface area (TPSA) is 34.9 Å². The largest absolute Gasteiger partial charge is 0.270 e. The summed E-state index contributed by atoms with van der Waals surface area (Å²) < 4.78 is 14.2. The summed E-state index contributed by atoms with van der Waals surface area (Å²) in [5, 5.41) is 6.54. The van der Waals surface area contributed by atoms with Gasteiger partial charge >= 0.3 is 0 Å². The second-order valence-corrected chi connectivity index (χ2v) is 7.30. The van der Waals surface area contributed by atoms with Crippen LogP contribution in [-0.2, 0) is 16.6 Å². The van der Waals surface area contributed by atoms with Crippen LogP contribution in [0.5, 0.6) is 0 Å². The Morgan fingerprint density at radius 1 is 1.39 bits per heavy atom. The standard InChI is InChI=1S/C13H18N2OS2/c1-10(2)15-7-6-12(14-15)9-18(16)11(3)13-5-4-8-17-13/h4-8,10-11H,9H2,1-3H3/t11-,18+/m0/s1. The van der Waals surface area contributed by atoms with E-state index in [2.05, 4.69) is 18.9 Å². The van der Waals surface area contributed by atoms with Crippen LogP contribution in [0.1, 0.15) is 42.6 Å². The van der Waals surface area contributed by atoms with Gasteiger partial charge in [-0.15, -0.1) is 11.3 Å². The molecule has 2 aromatic heterocycles. The van der Waals surface area contributed by atoms with E-state index in [4.69, 9.17) is 0 Å². The predicted octanol–water partition coefficient (Wildman–Crippen LogP) is 3.54. The average molecular weight is 282 g/mol. The van der Waals surface area contributed by atoms with Crippen molar-refractivity contribution in [3.8, 4) is 0 Å². The van der Waals surface area contributed by atoms with Gasteiger partial charge in [0.25, 0.3) is 0 Å². The van der Waals surface area contributed by atoms with Crippen LogP contribution >= 0.6 is 11.3 Å². The van der Waals surface area contributed by atoms with Crippen LogP contribution in [0.2, 0.25) is 0 Å². The van der Waals surface area contributed by atoms with Crippen LogP contribution < -0.4 is 0 Å². The van der Waals surface area contributed by atoms with Crippen LogP contribution in [0, 0.1) is 0 Å². The maximum Gasteiger partial charge on any atom is 0.0749 e. The maximum absolute atomic E-state index is 12.3. The summed E-state index contributed by atoms with van der Waals surface area (Å²) in [4.78, 5) is 1.18. The van der Waals surface area contributed by atoms with E-state index in [1.54, 1.807) is 11.3 Å². The highest BCUT2D eigenvalue weighted by Gasteiger charge is 2.16. The summed E-state index contributed by atoms with van der Waals surface area (Å²) >= 11 is 1.66. The minimum Gasteiger partial charge on any atom is -0.270 e. The van der Waals surface area contributed by atoms with Crippen molar-refractivity contribution < 1.29 is 4.21 Å². The third kappa shape index (κ3) is 3.09. The summed E-state index contributed by atoms with van der Waals surface area (Å²) in [7, 11) is -0.910. The van der Waals surface area contributed by atoms with Crippen molar-refractivity contribution in [1.29, 1.82) is 0 Å². The number of aromatic nitrogens is 2. The van der Waals surface area contributed by atoms with Gasteiger partial charge in [0.05, 0.1) is 16.7 Å². The molecule has 0 saturated carbocycles. The van der Waals surface area contributed by atoms with Crippen LogP contribution in [-0.4, -0.2) is 14.0 Å². The highest BCUT2D eigenvalue weighted by Crippen LogP contribution is 2.25. The summed E-state index contributed by atoms with van der Waals surface area (Å²) in [6.45, 7) is 6.19. The van der Waals surface area contributed by atoms with Gasteiger partial charge in [-0.2, -0.15) is 5.10 Å². The molecule has 2 rings (SSSR count). The Hall–Kier alpha value is -0.940. The van der Waals surface area contributed by atoms with Crippen LogP contribution in [0.15, 0.2) is 29.8 Å². The van der Waals surface area contributed by atoms with E-state index in [1.807, 2.05) is 41.4 Å². The predicted molar refractivity (Wildman–Crippen MR) is 77.2 cm³/mol. The molecule has 2 aromatic rings. The molecule has 5 heteroatoms. The molecule has 2 atom stereocenters. The minimum atomic E-state index is -0.910. The monoisotopic (exact) mass is 282 g/mol. The molecule has 0 N–H and O–H groups in total. The third-order valence-electron chi connectivity index (χ3n) is 2.82. The smallest absolute Gasteiger partial charge is 0.0749 e. The van der Waals surface area contributed by atoms with Crippen molar-refractivity contribution in [1.82, 2.24) is 9.78 Å². The summed E-state index contributed by atoms with van der Waals surface area (Å²) in [6, 6.07) is 6.35. The average Bonchev–Trinajstić information content (AvgIpc) is 2.98. The van der Waals surface area contributed by atoms with Gasteiger partial charge in [-0.3, -0.25) is 8.89 Å². The number of thiophene rings is 1. The van der Waals surface area contributed by atoms with Gasteiger partial charge in [-0.05, 0) is 38.3 Å². The zero-order valence-electron chi connectivity index (χ0n) is 10.9. The quantitative estimate of drug-likeness (QED) is 0.841. The molecular weight excluding hydrogens is 264 g/mol. The number of rotatable bonds is 5. The van der Waals surface area contributed by atoms with Gasteiger partial charge in [-0.1, -0.05) is 6.07 Å². The van der Waals surface area contributed by atoms with Crippen molar-refractivity contribution in [2.24, 2.45) is 0 Å². The van der Waals surface area contributed by atoms with Gasteiger partial charge in [0.1, 0.15) is 0 Å². The molecule has 0 aliphatic heterocycles. The molecule has 3 nitrogen and oxygen atoms in total. The number of hydrogen-bond donors (Lipinski definition) is 0. The van der Waals surface area contributed by atoms with E-state index < -0.39 is 10.8 Å². The second-order valence-electron chi connectivity index (χ2n) is 4.56. The fourth-order valence-electron chi connectivity index (χ4n) is 1.66. The Morgan fingerprint density at radius 3 is 2.72 bits per heavy atom. The first-order chi connectivity index (χ1) is 8.58. The van der Waals surface area contributed by atoms with Crippen molar-refractivity contribution in [3.63, 3.8) is 0 Å². The fraction of sp³-hybridized carbons (Fsp3) is 0.462. The Balaban J connectivity index is 2.02. The molecule has 0 aromatic carbocycles. The molecule has 0 bridgehead atoms. The van der Waals surface area contributed by atoms with Crippen LogP contribution in [0.25, 0.3) is 0 Å². The maximum atomic E-state index is 12.3. The second kappa shape index (κ2) is 5.80. The molecule has 0 fully saturated rings. The van der Waals surface area contributed by atoms with Gasteiger partial charge < -0.3 is 0 Å². The lowest BCUT2D eigenvalue weighted by Gasteiger charge is -2.08. The van der Waals surface area contributed by atoms with E-state index >= 15 is 0 Å². The third-order valence-corrected chi connectivity index (χ3v) is 5.65. The van der Waals surface area contributed by atoms with Gasteiger partial charge in [0.2, 0.25) is 0 Å². The van der Waals surface area contributed by atoms with E-state index in [1.165, 1.54) is 4.88 Å². The Morgan fingerprint density at radius 2 is 2.17 bits per heavy atom.